The number of nitrogens with zero attached hydrogens (tertiary/aromatic N) is 1. The molecule has 0 fully saturated rings. The maximum absolute atomic E-state index is 11.4. The van der Waals surface area contributed by atoms with E-state index in [1.54, 1.807) is 12.1 Å². The summed E-state index contributed by atoms with van der Waals surface area (Å²) in [6, 6.07) is 6.03. The second-order valence-electron chi connectivity index (χ2n) is 3.92. The van der Waals surface area contributed by atoms with E-state index in [0.717, 1.165) is 13.2 Å². The minimum Gasteiger partial charge on any atom is -0.507 e. The first-order chi connectivity index (χ1) is 9.54. The van der Waals surface area contributed by atoms with Crippen LogP contribution in [0, 0.1) is 0 Å². The fourth-order valence-corrected chi connectivity index (χ4v) is 1.74. The lowest BCUT2D eigenvalue weighted by Gasteiger charge is -2.06. The number of aliphatic hydroxyl groups is 1. The number of aliphatic hydroxyl groups excluding tert-OH is 1. The first-order valence-electron chi connectivity index (χ1n) is 5.64. The average molecular weight is 273 g/mol. The summed E-state index contributed by atoms with van der Waals surface area (Å²) in [7, 11) is 1.07. The van der Waals surface area contributed by atoms with E-state index in [0.29, 0.717) is 5.39 Å². The molecule has 2 aromatic rings. The largest absolute Gasteiger partial charge is 0.507 e. The maximum atomic E-state index is 11.4. The highest BCUT2D eigenvalue weighted by Gasteiger charge is 2.15. The van der Waals surface area contributed by atoms with Gasteiger partial charge >= 0.3 is 5.97 Å². The van der Waals surface area contributed by atoms with Crippen LogP contribution in [-0.4, -0.2) is 34.1 Å². The third-order valence-electron chi connectivity index (χ3n) is 2.68. The van der Waals surface area contributed by atoms with Crippen molar-refractivity contribution < 1.29 is 24.5 Å². The van der Waals surface area contributed by atoms with E-state index in [1.165, 1.54) is 18.3 Å². The number of phenols is 1. The monoisotopic (exact) mass is 273 g/mol. The first kappa shape index (κ1) is 13.5. The molecule has 0 aliphatic carbocycles. The number of benzene rings is 1. The number of aromatic hydroxyl groups is 1. The van der Waals surface area contributed by atoms with Gasteiger partial charge in [0.25, 0.3) is 5.78 Å². The van der Waals surface area contributed by atoms with E-state index in [-0.39, 0.29) is 16.8 Å². The Hall–Kier alpha value is -2.89. The summed E-state index contributed by atoms with van der Waals surface area (Å²) in [4.78, 5) is 26.4. The zero-order valence-electron chi connectivity index (χ0n) is 10.5. The molecule has 0 bridgehead atoms. The molecule has 0 aliphatic heterocycles. The van der Waals surface area contributed by atoms with Gasteiger partial charge in [0.15, 0.2) is 0 Å². The highest BCUT2D eigenvalue weighted by molar-refractivity contribution is 6.39. The van der Waals surface area contributed by atoms with Crippen molar-refractivity contribution in [1.29, 1.82) is 0 Å². The van der Waals surface area contributed by atoms with Crippen molar-refractivity contribution in [2.75, 3.05) is 7.11 Å². The quantitative estimate of drug-likeness (QED) is 0.381. The van der Waals surface area contributed by atoms with E-state index in [2.05, 4.69) is 9.72 Å². The van der Waals surface area contributed by atoms with Gasteiger partial charge in [-0.15, -0.1) is 0 Å². The number of methoxy groups -OCH3 is 1. The second-order valence-corrected chi connectivity index (χ2v) is 3.92. The molecular formula is C14H11NO5. The molecule has 1 heterocycles. The molecule has 1 aromatic carbocycles. The third kappa shape index (κ3) is 2.44. The lowest BCUT2D eigenvalue weighted by atomic mass is 10.1. The molecule has 0 amide bonds. The number of hydrogen-bond acceptors (Lipinski definition) is 6. The second kappa shape index (κ2) is 5.40. The summed E-state index contributed by atoms with van der Waals surface area (Å²) in [5.74, 6) is -2.50. The van der Waals surface area contributed by atoms with Crippen molar-refractivity contribution >= 4 is 28.4 Å². The fourth-order valence-electron chi connectivity index (χ4n) is 1.74. The van der Waals surface area contributed by atoms with Gasteiger partial charge in [-0.05, 0) is 18.2 Å². The average Bonchev–Trinajstić information content (AvgIpc) is 2.46. The van der Waals surface area contributed by atoms with Gasteiger partial charge < -0.3 is 14.9 Å². The third-order valence-corrected chi connectivity index (χ3v) is 2.68. The molecular weight excluding hydrogens is 262 g/mol. The van der Waals surface area contributed by atoms with Crippen molar-refractivity contribution in [1.82, 2.24) is 4.98 Å². The Labute approximate surface area is 113 Å². The highest BCUT2D eigenvalue weighted by atomic mass is 16.5. The van der Waals surface area contributed by atoms with Gasteiger partial charge in [-0.2, -0.15) is 0 Å². The molecule has 0 atom stereocenters. The standard InChI is InChI=1S/C14H11NO5/c1-20-14(19)12(18)7-11(17)8-4-5-10(16)13-9(8)3-2-6-15-13/h2-7,16-17H,1H3/b11-7-. The molecule has 0 spiro atoms. The van der Waals surface area contributed by atoms with E-state index >= 15 is 0 Å². The van der Waals surface area contributed by atoms with Crippen LogP contribution >= 0.6 is 0 Å². The van der Waals surface area contributed by atoms with Gasteiger partial charge in [0.2, 0.25) is 0 Å². The zero-order chi connectivity index (χ0) is 14.7. The van der Waals surface area contributed by atoms with Gasteiger partial charge in [-0.25, -0.2) is 4.79 Å². The van der Waals surface area contributed by atoms with E-state index < -0.39 is 17.5 Å². The molecule has 0 radical (unpaired) electrons. The number of rotatable bonds is 3. The summed E-state index contributed by atoms with van der Waals surface area (Å²) >= 11 is 0. The van der Waals surface area contributed by atoms with Gasteiger partial charge in [-0.3, -0.25) is 9.78 Å². The van der Waals surface area contributed by atoms with Gasteiger partial charge in [0.1, 0.15) is 17.0 Å². The number of aromatic nitrogens is 1. The van der Waals surface area contributed by atoms with Crippen LogP contribution in [0.15, 0.2) is 36.5 Å². The van der Waals surface area contributed by atoms with Crippen LogP contribution < -0.4 is 0 Å². The molecule has 6 heteroatoms. The fraction of sp³-hybridized carbons (Fsp3) is 0.0714. The van der Waals surface area contributed by atoms with Crippen LogP contribution in [0.25, 0.3) is 16.7 Å². The Kier molecular flexibility index (Phi) is 3.65. The van der Waals surface area contributed by atoms with Gasteiger partial charge in [0, 0.05) is 23.2 Å². The number of carbonyl (C=O) groups is 2. The maximum Gasteiger partial charge on any atom is 0.378 e. The first-order valence-corrected chi connectivity index (χ1v) is 5.64. The number of phenolic OH excluding ortho intramolecular Hbond substituents is 1. The summed E-state index contributed by atoms with van der Waals surface area (Å²) < 4.78 is 4.26. The lowest BCUT2D eigenvalue weighted by Crippen LogP contribution is -2.13. The highest BCUT2D eigenvalue weighted by Crippen LogP contribution is 2.28. The van der Waals surface area contributed by atoms with Crippen molar-refractivity contribution in [2.24, 2.45) is 0 Å². The normalized spacial score (nSPS) is 11.3. The molecule has 6 nitrogen and oxygen atoms in total. The molecule has 1 aromatic heterocycles. The van der Waals surface area contributed by atoms with Crippen LogP contribution in [0.4, 0.5) is 0 Å². The number of ketones is 1. The van der Waals surface area contributed by atoms with E-state index in [9.17, 15) is 19.8 Å². The molecule has 0 saturated carbocycles. The Morgan fingerprint density at radius 1 is 1.30 bits per heavy atom. The van der Waals surface area contributed by atoms with Crippen molar-refractivity contribution in [3.63, 3.8) is 0 Å². The number of fused-ring (bicyclic) bond motifs is 1. The molecule has 2 rings (SSSR count). The number of esters is 1. The predicted molar refractivity (Wildman–Crippen MR) is 71.0 cm³/mol. The number of ether oxygens (including phenoxy) is 1. The molecule has 0 saturated heterocycles. The predicted octanol–water partition coefficient (Wildman–Crippen LogP) is 1.58. The summed E-state index contributed by atoms with van der Waals surface area (Å²) in [6.07, 6.45) is 2.26. The molecule has 2 N–H and O–H groups in total. The van der Waals surface area contributed by atoms with Gasteiger partial charge in [0.05, 0.1) is 7.11 Å². The topological polar surface area (TPSA) is 96.7 Å². The van der Waals surface area contributed by atoms with Crippen LogP contribution in [0.3, 0.4) is 0 Å². The Morgan fingerprint density at radius 3 is 2.75 bits per heavy atom. The summed E-state index contributed by atoms with van der Waals surface area (Å²) in [5.41, 5.74) is 0.568. The minimum atomic E-state index is -1.07. The smallest absolute Gasteiger partial charge is 0.378 e. The van der Waals surface area contributed by atoms with Gasteiger partial charge in [-0.1, -0.05) is 6.07 Å². The van der Waals surface area contributed by atoms with E-state index in [1.807, 2.05) is 0 Å². The molecule has 0 unspecified atom stereocenters. The lowest BCUT2D eigenvalue weighted by molar-refractivity contribution is -0.149. The van der Waals surface area contributed by atoms with Crippen molar-refractivity contribution in [2.45, 2.75) is 0 Å². The minimum absolute atomic E-state index is 0.0450. The van der Waals surface area contributed by atoms with Crippen LogP contribution in [0.2, 0.25) is 0 Å². The molecule has 102 valence electrons. The Morgan fingerprint density at radius 2 is 2.05 bits per heavy atom. The zero-order valence-corrected chi connectivity index (χ0v) is 10.5. The van der Waals surface area contributed by atoms with Crippen LogP contribution in [0.5, 0.6) is 5.75 Å². The molecule has 0 aliphatic rings. The van der Waals surface area contributed by atoms with Crippen molar-refractivity contribution in [3.05, 3.63) is 42.1 Å². The molecule has 20 heavy (non-hydrogen) atoms. The van der Waals surface area contributed by atoms with Crippen LogP contribution in [-0.2, 0) is 14.3 Å². The number of hydrogen-bond donors (Lipinski definition) is 2. The van der Waals surface area contributed by atoms with E-state index in [4.69, 9.17) is 0 Å². The Balaban J connectivity index is 2.53. The summed E-state index contributed by atoms with van der Waals surface area (Å²) in [5, 5.41) is 20.1. The van der Waals surface area contributed by atoms with Crippen molar-refractivity contribution in [3.8, 4) is 5.75 Å². The number of carbonyl (C=O) groups excluding carboxylic acids is 2. The van der Waals surface area contributed by atoms with Crippen LogP contribution in [0.1, 0.15) is 5.56 Å². The number of pyridine rings is 1. The Bertz CT molecular complexity index is 721. The SMILES string of the molecule is COC(=O)C(=O)/C=C(\O)c1ccc(O)c2ncccc12. The summed E-state index contributed by atoms with van der Waals surface area (Å²) in [6.45, 7) is 0.